The minimum atomic E-state index is -0.0196. The predicted molar refractivity (Wildman–Crippen MR) is 86.2 cm³/mol. The van der Waals surface area contributed by atoms with E-state index in [9.17, 15) is 0 Å². The molecule has 0 saturated heterocycles. The Morgan fingerprint density at radius 2 is 1.80 bits per heavy atom. The van der Waals surface area contributed by atoms with Crippen molar-refractivity contribution in [3.05, 3.63) is 56.5 Å². The summed E-state index contributed by atoms with van der Waals surface area (Å²) in [6.45, 7) is 4.01. The van der Waals surface area contributed by atoms with Gasteiger partial charge in [0, 0.05) is 10.0 Å². The fourth-order valence-electron chi connectivity index (χ4n) is 1.84. The van der Waals surface area contributed by atoms with Crippen LogP contribution in [0.15, 0.2) is 34.8 Å². The highest BCUT2D eigenvalue weighted by Gasteiger charge is 2.08. The Labute approximate surface area is 131 Å². The van der Waals surface area contributed by atoms with Gasteiger partial charge in [0.25, 0.3) is 0 Å². The number of nitrogens with one attached hydrogen (secondary N) is 1. The third-order valence-electron chi connectivity index (χ3n) is 2.88. The lowest BCUT2D eigenvalue weighted by Crippen LogP contribution is -2.10. The number of nitrogen functional groups attached to an aromatic ring is 1. The highest BCUT2D eigenvalue weighted by Crippen LogP contribution is 2.33. The van der Waals surface area contributed by atoms with Crippen molar-refractivity contribution in [2.45, 2.75) is 13.8 Å². The molecule has 3 N–H and O–H groups in total. The zero-order chi connectivity index (χ0) is 14.9. The smallest absolute Gasteiger partial charge is 0.146 e. The first kappa shape index (κ1) is 14.9. The average Bonchev–Trinajstić information content (AvgIpc) is 2.38. The van der Waals surface area contributed by atoms with Gasteiger partial charge in [-0.05, 0) is 55.3 Å². The van der Waals surface area contributed by atoms with Crippen molar-refractivity contribution in [2.24, 2.45) is 5.73 Å². The Morgan fingerprint density at radius 1 is 1.20 bits per heavy atom. The highest BCUT2D eigenvalue weighted by atomic mass is 79.9. The maximum Gasteiger partial charge on any atom is 0.146 e. The number of benzene rings is 2. The summed E-state index contributed by atoms with van der Waals surface area (Å²) in [5, 5.41) is 7.80. The summed E-state index contributed by atoms with van der Waals surface area (Å²) in [6.07, 6.45) is 0. The Bertz CT molecular complexity index is 663. The molecule has 2 aromatic carbocycles. The van der Waals surface area contributed by atoms with Crippen LogP contribution in [-0.2, 0) is 0 Å². The molecule has 0 fully saturated rings. The molecule has 0 amide bonds. The molecule has 0 aliphatic rings. The number of rotatable bonds is 3. The van der Waals surface area contributed by atoms with E-state index < -0.39 is 0 Å². The SMILES string of the molecule is Cc1cc(Oc2ccc(C(=N)N)cc2Cl)cc(C)c1Br. The van der Waals surface area contributed by atoms with Crippen LogP contribution in [0, 0.1) is 19.3 Å². The van der Waals surface area contributed by atoms with Gasteiger partial charge >= 0.3 is 0 Å². The number of amidine groups is 1. The summed E-state index contributed by atoms with van der Waals surface area (Å²) < 4.78 is 6.87. The van der Waals surface area contributed by atoms with Gasteiger partial charge in [0.1, 0.15) is 17.3 Å². The van der Waals surface area contributed by atoms with Gasteiger partial charge in [-0.15, -0.1) is 0 Å². The molecule has 5 heteroatoms. The monoisotopic (exact) mass is 352 g/mol. The number of nitrogens with two attached hydrogens (primary N) is 1. The first-order valence-electron chi connectivity index (χ1n) is 5.97. The molecule has 0 saturated carbocycles. The van der Waals surface area contributed by atoms with Crippen LogP contribution >= 0.6 is 27.5 Å². The van der Waals surface area contributed by atoms with Crippen molar-refractivity contribution < 1.29 is 4.74 Å². The van der Waals surface area contributed by atoms with E-state index in [1.807, 2.05) is 26.0 Å². The van der Waals surface area contributed by atoms with Gasteiger partial charge in [-0.25, -0.2) is 0 Å². The van der Waals surface area contributed by atoms with Crippen molar-refractivity contribution in [2.75, 3.05) is 0 Å². The minimum absolute atomic E-state index is 0.0196. The molecule has 0 spiro atoms. The molecule has 3 nitrogen and oxygen atoms in total. The first-order valence-corrected chi connectivity index (χ1v) is 7.14. The van der Waals surface area contributed by atoms with Crippen molar-refractivity contribution in [1.82, 2.24) is 0 Å². The standard InChI is InChI=1S/C15H14BrClN2O/c1-8-5-11(6-9(2)14(8)16)20-13-4-3-10(15(18)19)7-12(13)17/h3-7H,1-2H3,(H3,18,19). The summed E-state index contributed by atoms with van der Waals surface area (Å²) in [5.41, 5.74) is 8.18. The van der Waals surface area contributed by atoms with Crippen molar-refractivity contribution in [1.29, 1.82) is 5.41 Å². The quantitative estimate of drug-likeness (QED) is 0.615. The predicted octanol–water partition coefficient (Wildman–Crippen LogP) is 4.80. The summed E-state index contributed by atoms with van der Waals surface area (Å²) in [6, 6.07) is 8.92. The third kappa shape index (κ3) is 3.14. The number of hydrogen-bond donors (Lipinski definition) is 2. The average molecular weight is 354 g/mol. The Kier molecular flexibility index (Phi) is 4.35. The molecule has 0 aromatic heterocycles. The molecule has 0 atom stereocenters. The lowest BCUT2D eigenvalue weighted by Gasteiger charge is -2.11. The van der Waals surface area contributed by atoms with E-state index in [0.717, 1.165) is 21.3 Å². The second-order valence-corrected chi connectivity index (χ2v) is 5.73. The molecule has 0 unspecified atom stereocenters. The van der Waals surface area contributed by atoms with Crippen LogP contribution in [0.3, 0.4) is 0 Å². The summed E-state index contributed by atoms with van der Waals surface area (Å²) in [4.78, 5) is 0. The van der Waals surface area contributed by atoms with E-state index in [4.69, 9.17) is 27.5 Å². The van der Waals surface area contributed by atoms with Crippen LogP contribution in [0.4, 0.5) is 0 Å². The van der Waals surface area contributed by atoms with Crippen LogP contribution in [0.1, 0.15) is 16.7 Å². The fraction of sp³-hybridized carbons (Fsp3) is 0.133. The lowest BCUT2D eigenvalue weighted by molar-refractivity contribution is 0.482. The summed E-state index contributed by atoms with van der Waals surface area (Å²) >= 11 is 9.67. The van der Waals surface area contributed by atoms with E-state index in [1.54, 1.807) is 18.2 Å². The van der Waals surface area contributed by atoms with Crippen LogP contribution in [0.2, 0.25) is 5.02 Å². The number of halogens is 2. The highest BCUT2D eigenvalue weighted by molar-refractivity contribution is 9.10. The van der Waals surface area contributed by atoms with E-state index in [0.29, 0.717) is 16.3 Å². The second-order valence-electron chi connectivity index (χ2n) is 4.53. The van der Waals surface area contributed by atoms with Crippen LogP contribution < -0.4 is 10.5 Å². The summed E-state index contributed by atoms with van der Waals surface area (Å²) in [5.74, 6) is 1.24. The van der Waals surface area contributed by atoms with E-state index in [2.05, 4.69) is 15.9 Å². The second kappa shape index (κ2) is 5.85. The Balaban J connectivity index is 2.33. The number of hydrogen-bond acceptors (Lipinski definition) is 2. The molecule has 0 aliphatic carbocycles. The van der Waals surface area contributed by atoms with Gasteiger partial charge in [0.2, 0.25) is 0 Å². The molecular formula is C15H14BrClN2O. The van der Waals surface area contributed by atoms with Crippen LogP contribution in [-0.4, -0.2) is 5.84 Å². The van der Waals surface area contributed by atoms with Crippen molar-refractivity contribution >= 4 is 33.4 Å². The van der Waals surface area contributed by atoms with E-state index in [1.165, 1.54) is 0 Å². The molecule has 2 rings (SSSR count). The third-order valence-corrected chi connectivity index (χ3v) is 4.43. The molecule has 104 valence electrons. The topological polar surface area (TPSA) is 59.1 Å². The zero-order valence-corrected chi connectivity index (χ0v) is 13.5. The maximum atomic E-state index is 7.38. The molecule has 0 bridgehead atoms. The maximum absolute atomic E-state index is 7.38. The van der Waals surface area contributed by atoms with Gasteiger partial charge < -0.3 is 10.5 Å². The Morgan fingerprint density at radius 3 is 2.30 bits per heavy atom. The first-order chi connectivity index (χ1) is 9.38. The minimum Gasteiger partial charge on any atom is -0.456 e. The molecule has 0 heterocycles. The van der Waals surface area contributed by atoms with Crippen LogP contribution in [0.5, 0.6) is 11.5 Å². The van der Waals surface area contributed by atoms with E-state index in [-0.39, 0.29) is 5.84 Å². The largest absolute Gasteiger partial charge is 0.456 e. The molecule has 20 heavy (non-hydrogen) atoms. The molecule has 0 aliphatic heterocycles. The normalized spacial score (nSPS) is 10.4. The van der Waals surface area contributed by atoms with Crippen molar-refractivity contribution in [3.63, 3.8) is 0 Å². The van der Waals surface area contributed by atoms with Gasteiger partial charge in [0.05, 0.1) is 5.02 Å². The molecular weight excluding hydrogens is 340 g/mol. The molecule has 0 radical (unpaired) electrons. The van der Waals surface area contributed by atoms with Crippen molar-refractivity contribution in [3.8, 4) is 11.5 Å². The van der Waals surface area contributed by atoms with Gasteiger partial charge in [-0.1, -0.05) is 27.5 Å². The summed E-state index contributed by atoms with van der Waals surface area (Å²) in [7, 11) is 0. The van der Waals surface area contributed by atoms with Gasteiger partial charge in [0.15, 0.2) is 0 Å². The van der Waals surface area contributed by atoms with Crippen LogP contribution in [0.25, 0.3) is 0 Å². The lowest BCUT2D eigenvalue weighted by atomic mass is 10.1. The fourth-order valence-corrected chi connectivity index (χ4v) is 2.29. The van der Waals surface area contributed by atoms with Gasteiger partial charge in [-0.2, -0.15) is 0 Å². The number of aryl methyl sites for hydroxylation is 2. The zero-order valence-electron chi connectivity index (χ0n) is 11.1. The molecule has 2 aromatic rings. The van der Waals surface area contributed by atoms with Gasteiger partial charge in [-0.3, -0.25) is 5.41 Å². The Hall–Kier alpha value is -1.52. The number of ether oxygens (including phenoxy) is 1. The van der Waals surface area contributed by atoms with E-state index >= 15 is 0 Å².